The first-order valence-corrected chi connectivity index (χ1v) is 13.8. The first-order chi connectivity index (χ1) is 19.0. The molecule has 2 fully saturated rings. The molecule has 1 saturated carbocycles. The molecule has 2 aliphatic rings. The van der Waals surface area contributed by atoms with Crippen LogP contribution in [0.2, 0.25) is 5.02 Å². The van der Waals surface area contributed by atoms with Crippen LogP contribution < -0.4 is 5.32 Å². The number of benzene rings is 3. The summed E-state index contributed by atoms with van der Waals surface area (Å²) >= 11 is 5.77. The average Bonchev–Trinajstić information content (AvgIpc) is 3.66. The minimum Gasteiger partial charge on any atom is -0.385 e. The Morgan fingerprint density at radius 3 is 2.33 bits per heavy atom. The fourth-order valence-electron chi connectivity index (χ4n) is 5.92. The van der Waals surface area contributed by atoms with Crippen molar-refractivity contribution in [2.45, 2.75) is 42.9 Å². The molecule has 2 N–H and O–H groups in total. The predicted molar refractivity (Wildman–Crippen MR) is 145 cm³/mol. The van der Waals surface area contributed by atoms with Crippen LogP contribution >= 0.6 is 11.6 Å². The summed E-state index contributed by atoms with van der Waals surface area (Å²) < 4.78 is 53.3. The summed E-state index contributed by atoms with van der Waals surface area (Å²) in [5.74, 6) is -0.272. The van der Waals surface area contributed by atoms with Gasteiger partial charge < -0.3 is 15.3 Å². The summed E-state index contributed by atoms with van der Waals surface area (Å²) in [6, 6.07) is 19.5. The number of aliphatic hydroxyl groups is 1. The summed E-state index contributed by atoms with van der Waals surface area (Å²) in [7, 11) is 0. The van der Waals surface area contributed by atoms with E-state index in [2.05, 4.69) is 10.2 Å². The molecule has 212 valence electrons. The van der Waals surface area contributed by atoms with Crippen LogP contribution in [0.3, 0.4) is 0 Å². The smallest absolute Gasteiger partial charge is 0.385 e. The van der Waals surface area contributed by atoms with E-state index >= 15 is 0 Å². The highest BCUT2D eigenvalue weighted by Gasteiger charge is 2.61. The second kappa shape index (κ2) is 11.1. The molecule has 2 unspecified atom stereocenters. The minimum absolute atomic E-state index is 0.0415. The molecular weight excluding hydrogens is 544 g/mol. The lowest BCUT2D eigenvalue weighted by Crippen LogP contribution is -2.44. The lowest BCUT2D eigenvalue weighted by molar-refractivity contribution is -0.137. The van der Waals surface area contributed by atoms with Gasteiger partial charge in [-0.05, 0) is 72.6 Å². The van der Waals surface area contributed by atoms with E-state index in [-0.39, 0.29) is 41.1 Å². The maximum Gasteiger partial charge on any atom is 0.417 e. The van der Waals surface area contributed by atoms with Gasteiger partial charge in [-0.15, -0.1) is 0 Å². The lowest BCUT2D eigenvalue weighted by atomic mass is 9.83. The van der Waals surface area contributed by atoms with Crippen molar-refractivity contribution in [3.8, 4) is 0 Å². The molecule has 1 aliphatic carbocycles. The number of rotatable bonds is 8. The highest BCUT2D eigenvalue weighted by atomic mass is 35.5. The minimum atomic E-state index is -4.60. The highest BCUT2D eigenvalue weighted by molar-refractivity contribution is 6.31. The molecule has 0 aromatic heterocycles. The van der Waals surface area contributed by atoms with E-state index in [1.54, 1.807) is 12.1 Å². The summed E-state index contributed by atoms with van der Waals surface area (Å²) in [6.45, 7) is 2.07. The van der Waals surface area contributed by atoms with Crippen molar-refractivity contribution in [1.29, 1.82) is 0 Å². The SMILES string of the molecule is O=C(NCCc1ccc(F)cc1)C1(c2ccccc2)CC1CN1CCC(O)(c2ccc(Cl)c(C(F)(F)F)c2)CC1. The number of hydrogen-bond acceptors (Lipinski definition) is 3. The zero-order valence-electron chi connectivity index (χ0n) is 21.9. The van der Waals surface area contributed by atoms with Crippen LogP contribution in [-0.2, 0) is 28.4 Å². The van der Waals surface area contributed by atoms with Crippen molar-refractivity contribution in [1.82, 2.24) is 10.2 Å². The van der Waals surface area contributed by atoms with Gasteiger partial charge in [-0.2, -0.15) is 13.2 Å². The molecule has 3 aromatic rings. The van der Waals surface area contributed by atoms with Crippen molar-refractivity contribution >= 4 is 17.5 Å². The number of likely N-dealkylation sites (tertiary alicyclic amines) is 1. The Kier molecular flexibility index (Phi) is 7.97. The van der Waals surface area contributed by atoms with Gasteiger partial charge in [-0.3, -0.25) is 4.79 Å². The Morgan fingerprint density at radius 2 is 1.68 bits per heavy atom. The molecule has 0 bridgehead atoms. The Bertz CT molecular complexity index is 1340. The molecule has 3 aromatic carbocycles. The molecule has 40 heavy (non-hydrogen) atoms. The van der Waals surface area contributed by atoms with Crippen LogP contribution in [0.1, 0.15) is 41.5 Å². The molecule has 5 rings (SSSR count). The molecule has 1 amide bonds. The van der Waals surface area contributed by atoms with E-state index < -0.39 is 22.8 Å². The molecule has 1 saturated heterocycles. The number of nitrogens with zero attached hydrogens (tertiary/aromatic N) is 1. The number of halogens is 5. The van der Waals surface area contributed by atoms with Gasteiger partial charge in [0.2, 0.25) is 5.91 Å². The van der Waals surface area contributed by atoms with Crippen molar-refractivity contribution in [2.75, 3.05) is 26.2 Å². The molecule has 0 radical (unpaired) electrons. The molecule has 4 nitrogen and oxygen atoms in total. The van der Waals surface area contributed by atoms with E-state index in [1.165, 1.54) is 24.3 Å². The molecule has 2 atom stereocenters. The maximum atomic E-state index is 13.5. The van der Waals surface area contributed by atoms with Crippen LogP contribution in [0.25, 0.3) is 0 Å². The average molecular weight is 575 g/mol. The van der Waals surface area contributed by atoms with E-state index in [0.29, 0.717) is 39.0 Å². The van der Waals surface area contributed by atoms with Gasteiger partial charge in [0, 0.05) is 26.2 Å². The Hall–Kier alpha value is -2.94. The van der Waals surface area contributed by atoms with Crippen molar-refractivity contribution in [3.05, 3.63) is 106 Å². The monoisotopic (exact) mass is 574 g/mol. The van der Waals surface area contributed by atoms with Crippen molar-refractivity contribution < 1.29 is 27.5 Å². The van der Waals surface area contributed by atoms with E-state index in [1.807, 2.05) is 30.3 Å². The molecule has 1 aliphatic heterocycles. The van der Waals surface area contributed by atoms with Gasteiger partial charge in [-0.25, -0.2) is 4.39 Å². The molecule has 1 heterocycles. The number of alkyl halides is 3. The number of piperidine rings is 1. The van der Waals surface area contributed by atoms with Gasteiger partial charge in [0.15, 0.2) is 0 Å². The van der Waals surface area contributed by atoms with Gasteiger partial charge >= 0.3 is 6.18 Å². The fourth-order valence-corrected chi connectivity index (χ4v) is 6.14. The van der Waals surface area contributed by atoms with Crippen molar-refractivity contribution in [3.63, 3.8) is 0 Å². The third kappa shape index (κ3) is 5.90. The summed E-state index contributed by atoms with van der Waals surface area (Å²) in [5.41, 5.74) is -0.873. The highest BCUT2D eigenvalue weighted by Crippen LogP contribution is 2.55. The van der Waals surface area contributed by atoms with Gasteiger partial charge in [0.05, 0.1) is 21.6 Å². The standard InChI is InChI=1S/C31H31ClF4N2O2/c32-27-11-8-23(18-26(27)31(34,35)36)29(40)13-16-38(17-14-29)20-24-19-30(24,22-4-2-1-3-5-22)28(39)37-15-12-21-6-9-25(33)10-7-21/h1-11,18,24,40H,12-17,19-20H2,(H,37,39). The van der Waals surface area contributed by atoms with Crippen LogP contribution in [-0.4, -0.2) is 42.1 Å². The first kappa shape index (κ1) is 28.6. The normalized spacial score (nSPS) is 22.6. The van der Waals surface area contributed by atoms with E-state index in [0.717, 1.165) is 17.2 Å². The summed E-state index contributed by atoms with van der Waals surface area (Å²) in [6.07, 6.45) is -2.77. The fraction of sp³-hybridized carbons (Fsp3) is 0.387. The zero-order valence-corrected chi connectivity index (χ0v) is 22.6. The molecule has 9 heteroatoms. The largest absolute Gasteiger partial charge is 0.417 e. The first-order valence-electron chi connectivity index (χ1n) is 13.4. The topological polar surface area (TPSA) is 52.6 Å². The predicted octanol–water partition coefficient (Wildman–Crippen LogP) is 6.10. The third-order valence-corrected chi connectivity index (χ3v) is 8.71. The van der Waals surface area contributed by atoms with E-state index in [9.17, 15) is 27.5 Å². The third-order valence-electron chi connectivity index (χ3n) is 8.38. The Balaban J connectivity index is 1.22. The zero-order chi connectivity index (χ0) is 28.5. The Morgan fingerprint density at radius 1 is 1.00 bits per heavy atom. The number of hydrogen-bond donors (Lipinski definition) is 2. The molecule has 0 spiro atoms. The van der Waals surface area contributed by atoms with Crippen LogP contribution in [0.5, 0.6) is 0 Å². The second-order valence-electron chi connectivity index (χ2n) is 10.9. The van der Waals surface area contributed by atoms with Crippen LogP contribution in [0, 0.1) is 11.7 Å². The van der Waals surface area contributed by atoms with Crippen LogP contribution in [0.4, 0.5) is 17.6 Å². The number of nitrogens with one attached hydrogen (secondary N) is 1. The van der Waals surface area contributed by atoms with Gasteiger partial charge in [-0.1, -0.05) is 60.1 Å². The van der Waals surface area contributed by atoms with Crippen LogP contribution in [0.15, 0.2) is 72.8 Å². The number of carbonyl (C=O) groups excluding carboxylic acids is 1. The molecular formula is C31H31ClF4N2O2. The summed E-state index contributed by atoms with van der Waals surface area (Å²) in [5, 5.41) is 13.9. The van der Waals surface area contributed by atoms with Gasteiger partial charge in [0.25, 0.3) is 0 Å². The Labute approximate surface area is 236 Å². The quantitative estimate of drug-likeness (QED) is 0.320. The van der Waals surface area contributed by atoms with Gasteiger partial charge in [0.1, 0.15) is 5.82 Å². The maximum absolute atomic E-state index is 13.5. The number of carbonyl (C=O) groups is 1. The van der Waals surface area contributed by atoms with E-state index in [4.69, 9.17) is 11.6 Å². The number of amides is 1. The lowest BCUT2D eigenvalue weighted by Gasteiger charge is -2.39. The summed E-state index contributed by atoms with van der Waals surface area (Å²) in [4.78, 5) is 15.7. The van der Waals surface area contributed by atoms with Crippen molar-refractivity contribution in [2.24, 2.45) is 5.92 Å². The second-order valence-corrected chi connectivity index (χ2v) is 11.3.